The van der Waals surface area contributed by atoms with Gasteiger partial charge in [0.1, 0.15) is 0 Å². The maximum atomic E-state index is 5.69. The maximum absolute atomic E-state index is 5.69. The molecular formula is C13H23N3S. The van der Waals surface area contributed by atoms with Crippen LogP contribution in [0.4, 0.5) is 0 Å². The summed E-state index contributed by atoms with van der Waals surface area (Å²) < 4.78 is 0. The quantitative estimate of drug-likeness (QED) is 0.885. The standard InChI is InChI=1S/C13H23N3S/c1-10-11(6-13(7-14)17-10)8-16-5-4-12(9-16)15(2)3/h6,12H,4-5,7-9,14H2,1-3H3. The SMILES string of the molecule is Cc1sc(CN)cc1CN1CCC(N(C)C)C1. The zero-order chi connectivity index (χ0) is 12.4. The number of thiophene rings is 1. The third kappa shape index (κ3) is 3.07. The molecular weight excluding hydrogens is 230 g/mol. The lowest BCUT2D eigenvalue weighted by Crippen LogP contribution is -2.31. The average Bonchev–Trinajstić information content (AvgIpc) is 2.87. The van der Waals surface area contributed by atoms with E-state index in [-0.39, 0.29) is 0 Å². The minimum atomic E-state index is 0.672. The van der Waals surface area contributed by atoms with Crippen LogP contribution in [0.5, 0.6) is 0 Å². The molecule has 3 nitrogen and oxygen atoms in total. The van der Waals surface area contributed by atoms with Crippen LogP contribution in [0.1, 0.15) is 21.7 Å². The molecule has 2 N–H and O–H groups in total. The monoisotopic (exact) mass is 253 g/mol. The van der Waals surface area contributed by atoms with Gasteiger partial charge in [0.25, 0.3) is 0 Å². The second kappa shape index (κ2) is 5.48. The fourth-order valence-corrected chi connectivity index (χ4v) is 3.40. The second-order valence-corrected chi connectivity index (χ2v) is 6.48. The third-order valence-corrected chi connectivity index (χ3v) is 4.76. The number of aryl methyl sites for hydroxylation is 1. The molecule has 17 heavy (non-hydrogen) atoms. The van der Waals surface area contributed by atoms with E-state index in [1.165, 1.54) is 34.8 Å². The average molecular weight is 253 g/mol. The van der Waals surface area contributed by atoms with Crippen LogP contribution in [-0.4, -0.2) is 43.0 Å². The summed E-state index contributed by atoms with van der Waals surface area (Å²) in [6, 6.07) is 3.01. The van der Waals surface area contributed by atoms with Crippen molar-refractivity contribution >= 4 is 11.3 Å². The minimum absolute atomic E-state index is 0.672. The van der Waals surface area contributed by atoms with Crippen LogP contribution < -0.4 is 5.73 Å². The fraction of sp³-hybridized carbons (Fsp3) is 0.692. The van der Waals surface area contributed by atoms with Crippen molar-refractivity contribution in [3.05, 3.63) is 21.4 Å². The minimum Gasteiger partial charge on any atom is -0.326 e. The van der Waals surface area contributed by atoms with E-state index in [4.69, 9.17) is 5.73 Å². The number of likely N-dealkylation sites (N-methyl/N-ethyl adjacent to an activating group) is 1. The molecule has 0 spiro atoms. The summed E-state index contributed by atoms with van der Waals surface area (Å²) in [5.41, 5.74) is 7.16. The number of rotatable bonds is 4. The van der Waals surface area contributed by atoms with Crippen molar-refractivity contribution in [1.82, 2.24) is 9.80 Å². The topological polar surface area (TPSA) is 32.5 Å². The molecule has 96 valence electrons. The van der Waals surface area contributed by atoms with E-state index in [1.807, 2.05) is 11.3 Å². The molecule has 1 atom stereocenters. The molecule has 1 aliphatic rings. The molecule has 0 saturated carbocycles. The highest BCUT2D eigenvalue weighted by Gasteiger charge is 2.24. The van der Waals surface area contributed by atoms with Gasteiger partial charge < -0.3 is 10.6 Å². The normalized spacial score (nSPS) is 21.6. The van der Waals surface area contributed by atoms with Crippen LogP contribution in [0, 0.1) is 6.92 Å². The zero-order valence-corrected chi connectivity index (χ0v) is 11.9. The van der Waals surface area contributed by atoms with E-state index in [0.29, 0.717) is 6.54 Å². The van der Waals surface area contributed by atoms with E-state index in [9.17, 15) is 0 Å². The van der Waals surface area contributed by atoms with Crippen LogP contribution in [0.3, 0.4) is 0 Å². The summed E-state index contributed by atoms with van der Waals surface area (Å²) >= 11 is 1.84. The molecule has 0 aliphatic carbocycles. The number of hydrogen-bond acceptors (Lipinski definition) is 4. The van der Waals surface area contributed by atoms with Gasteiger partial charge in [-0.15, -0.1) is 11.3 Å². The van der Waals surface area contributed by atoms with Crippen LogP contribution in [0.25, 0.3) is 0 Å². The smallest absolute Gasteiger partial charge is 0.0274 e. The first-order chi connectivity index (χ1) is 8.10. The summed E-state index contributed by atoms with van der Waals surface area (Å²) in [6.07, 6.45) is 1.29. The van der Waals surface area contributed by atoms with Gasteiger partial charge in [-0.1, -0.05) is 0 Å². The lowest BCUT2D eigenvalue weighted by atomic mass is 10.2. The molecule has 0 bridgehead atoms. The maximum Gasteiger partial charge on any atom is 0.0274 e. The van der Waals surface area contributed by atoms with Gasteiger partial charge in [-0.05, 0) is 39.1 Å². The van der Waals surface area contributed by atoms with Crippen molar-refractivity contribution in [2.45, 2.75) is 32.5 Å². The Morgan fingerprint density at radius 1 is 1.53 bits per heavy atom. The third-order valence-electron chi connectivity index (χ3n) is 3.64. The van der Waals surface area contributed by atoms with Crippen LogP contribution in [-0.2, 0) is 13.1 Å². The summed E-state index contributed by atoms with van der Waals surface area (Å²) in [4.78, 5) is 7.63. The van der Waals surface area contributed by atoms with Gasteiger partial charge >= 0.3 is 0 Å². The van der Waals surface area contributed by atoms with Gasteiger partial charge in [0.05, 0.1) is 0 Å². The Morgan fingerprint density at radius 2 is 2.29 bits per heavy atom. The highest BCUT2D eigenvalue weighted by atomic mass is 32.1. The highest BCUT2D eigenvalue weighted by molar-refractivity contribution is 7.12. The Kier molecular flexibility index (Phi) is 4.20. The first-order valence-electron chi connectivity index (χ1n) is 6.27. The molecule has 1 aromatic heterocycles. The summed E-state index contributed by atoms with van der Waals surface area (Å²) in [5, 5.41) is 0. The molecule has 1 aromatic rings. The van der Waals surface area contributed by atoms with Crippen molar-refractivity contribution < 1.29 is 0 Å². The molecule has 1 fully saturated rings. The van der Waals surface area contributed by atoms with Gasteiger partial charge in [0.2, 0.25) is 0 Å². The van der Waals surface area contributed by atoms with Gasteiger partial charge in [0, 0.05) is 42.0 Å². The Hall–Kier alpha value is -0.420. The molecule has 0 aromatic carbocycles. The summed E-state index contributed by atoms with van der Waals surface area (Å²) in [7, 11) is 4.35. The van der Waals surface area contributed by atoms with E-state index < -0.39 is 0 Å². The first kappa shape index (κ1) is 13.0. The van der Waals surface area contributed by atoms with E-state index in [0.717, 1.165) is 12.6 Å². The van der Waals surface area contributed by atoms with E-state index >= 15 is 0 Å². The van der Waals surface area contributed by atoms with Crippen molar-refractivity contribution in [1.29, 1.82) is 0 Å². The fourth-order valence-electron chi connectivity index (χ4n) is 2.46. The number of nitrogens with zero attached hydrogens (tertiary/aromatic N) is 2. The van der Waals surface area contributed by atoms with Gasteiger partial charge in [-0.25, -0.2) is 0 Å². The Labute approximate surface area is 108 Å². The number of hydrogen-bond donors (Lipinski definition) is 1. The van der Waals surface area contributed by atoms with Crippen LogP contribution in [0.15, 0.2) is 6.07 Å². The second-order valence-electron chi connectivity index (χ2n) is 5.14. The predicted octanol–water partition coefficient (Wildman–Crippen LogP) is 1.65. The lowest BCUT2D eigenvalue weighted by Gasteiger charge is -2.20. The summed E-state index contributed by atoms with van der Waals surface area (Å²) in [5.74, 6) is 0. The van der Waals surface area contributed by atoms with Gasteiger partial charge in [-0.2, -0.15) is 0 Å². The largest absolute Gasteiger partial charge is 0.326 e. The molecule has 2 rings (SSSR count). The van der Waals surface area contributed by atoms with E-state index in [2.05, 4.69) is 36.9 Å². The summed E-state index contributed by atoms with van der Waals surface area (Å²) in [6.45, 7) is 6.38. The molecule has 1 saturated heterocycles. The molecule has 0 amide bonds. The van der Waals surface area contributed by atoms with Crippen molar-refractivity contribution in [3.63, 3.8) is 0 Å². The Morgan fingerprint density at radius 3 is 2.82 bits per heavy atom. The number of nitrogens with two attached hydrogens (primary N) is 1. The Bertz CT molecular complexity index is 373. The molecule has 4 heteroatoms. The first-order valence-corrected chi connectivity index (χ1v) is 7.09. The molecule has 0 radical (unpaired) electrons. The molecule has 1 aliphatic heterocycles. The van der Waals surface area contributed by atoms with Crippen molar-refractivity contribution in [2.75, 3.05) is 27.2 Å². The van der Waals surface area contributed by atoms with Crippen LogP contribution >= 0.6 is 11.3 Å². The van der Waals surface area contributed by atoms with E-state index in [1.54, 1.807) is 0 Å². The highest BCUT2D eigenvalue weighted by Crippen LogP contribution is 2.24. The van der Waals surface area contributed by atoms with Crippen LogP contribution in [0.2, 0.25) is 0 Å². The predicted molar refractivity (Wildman–Crippen MR) is 74.3 cm³/mol. The Balaban J connectivity index is 1.95. The number of likely N-dealkylation sites (tertiary alicyclic amines) is 1. The van der Waals surface area contributed by atoms with Crippen molar-refractivity contribution in [2.24, 2.45) is 5.73 Å². The molecule has 1 unspecified atom stereocenters. The molecule has 2 heterocycles. The lowest BCUT2D eigenvalue weighted by molar-refractivity contribution is 0.264. The zero-order valence-electron chi connectivity index (χ0n) is 11.1. The van der Waals surface area contributed by atoms with Gasteiger partial charge in [-0.3, -0.25) is 4.90 Å². The van der Waals surface area contributed by atoms with Crippen molar-refractivity contribution in [3.8, 4) is 0 Å². The van der Waals surface area contributed by atoms with Gasteiger partial charge in [0.15, 0.2) is 0 Å².